The summed E-state index contributed by atoms with van der Waals surface area (Å²) in [5.74, 6) is -1.84. The average molecular weight is 754 g/mol. The maximum Gasteiger partial charge on any atom is 0.259 e. The molecule has 12 heteroatoms. The number of nitrogens with one attached hydrogen (secondary N) is 2. The number of phenolic OH excluding ortho intramolecular Hbond substituents is 2. The number of hydrogen-bond acceptors (Lipinski definition) is 8. The first-order chi connectivity index (χ1) is 26.1. The van der Waals surface area contributed by atoms with Crippen molar-refractivity contribution in [1.29, 1.82) is 0 Å². The molecular formula is C42H30Cl2N6O4. The normalized spacial score (nSPS) is 11.5. The molecule has 0 atom stereocenters. The van der Waals surface area contributed by atoms with Crippen molar-refractivity contribution >= 4 is 90.7 Å². The number of amides is 2. The zero-order chi connectivity index (χ0) is 37.9. The van der Waals surface area contributed by atoms with Crippen molar-refractivity contribution in [3.8, 4) is 11.5 Å². The van der Waals surface area contributed by atoms with E-state index in [1.807, 2.05) is 38.1 Å². The van der Waals surface area contributed by atoms with E-state index in [0.29, 0.717) is 54.3 Å². The fourth-order valence-corrected chi connectivity index (χ4v) is 6.17. The minimum absolute atomic E-state index is 0.00639. The third-order valence-corrected chi connectivity index (χ3v) is 9.69. The standard InChI is InChI=1S/C42H30Cl2N6O4/c1-23-33(43)13-7-15-35(23)47-49-37-29-11-5-3-9-25(29)21-31(39(37)51)41(53)45-27-17-19-28(20-18-27)46-42(54)32-22-26-10-4-6-12-30(26)38(40(32)52)50-48-36-16-8-14-34(44)24(36)2/h3-22,51-52H,1-2H3,(H,45,53)(H,46,54). The quantitative estimate of drug-likeness (QED) is 0.114. The third kappa shape index (κ3) is 7.20. The van der Waals surface area contributed by atoms with E-state index in [1.165, 1.54) is 0 Å². The monoisotopic (exact) mass is 752 g/mol. The van der Waals surface area contributed by atoms with Crippen LogP contribution in [0.25, 0.3) is 21.5 Å². The first-order valence-corrected chi connectivity index (χ1v) is 17.4. The summed E-state index contributed by atoms with van der Waals surface area (Å²) in [6.07, 6.45) is 0. The zero-order valence-electron chi connectivity index (χ0n) is 28.8. The summed E-state index contributed by atoms with van der Waals surface area (Å²) in [6, 6.07) is 34.5. The molecule has 7 aromatic rings. The predicted molar refractivity (Wildman–Crippen MR) is 214 cm³/mol. The second kappa shape index (κ2) is 15.2. The topological polar surface area (TPSA) is 148 Å². The van der Waals surface area contributed by atoms with Crippen LogP contribution in [0, 0.1) is 13.8 Å². The largest absolute Gasteiger partial charge is 0.505 e. The fraction of sp³-hybridized carbons (Fsp3) is 0.0476. The molecule has 0 spiro atoms. The summed E-state index contributed by atoms with van der Waals surface area (Å²) in [4.78, 5) is 27.1. The van der Waals surface area contributed by atoms with Gasteiger partial charge in [-0.25, -0.2) is 0 Å². The van der Waals surface area contributed by atoms with E-state index in [4.69, 9.17) is 23.2 Å². The first-order valence-electron chi connectivity index (χ1n) is 16.6. The van der Waals surface area contributed by atoms with Crippen LogP contribution < -0.4 is 10.6 Å². The highest BCUT2D eigenvalue weighted by molar-refractivity contribution is 6.32. The molecule has 0 fully saturated rings. The number of halogens is 2. The van der Waals surface area contributed by atoms with Crippen LogP contribution in [0.3, 0.4) is 0 Å². The van der Waals surface area contributed by atoms with Gasteiger partial charge in [0.2, 0.25) is 0 Å². The van der Waals surface area contributed by atoms with Gasteiger partial charge in [-0.1, -0.05) is 83.9 Å². The molecule has 0 aromatic heterocycles. The van der Waals surface area contributed by atoms with Crippen molar-refractivity contribution in [3.05, 3.63) is 154 Å². The molecule has 4 N–H and O–H groups in total. The van der Waals surface area contributed by atoms with Crippen molar-refractivity contribution in [3.63, 3.8) is 0 Å². The lowest BCUT2D eigenvalue weighted by Crippen LogP contribution is -2.13. The van der Waals surface area contributed by atoms with E-state index in [0.717, 1.165) is 11.1 Å². The Hall–Kier alpha value is -6.62. The van der Waals surface area contributed by atoms with Crippen molar-refractivity contribution in [2.75, 3.05) is 10.6 Å². The van der Waals surface area contributed by atoms with Gasteiger partial charge in [0.25, 0.3) is 11.8 Å². The van der Waals surface area contributed by atoms with Gasteiger partial charge >= 0.3 is 0 Å². The van der Waals surface area contributed by atoms with Gasteiger partial charge < -0.3 is 20.8 Å². The molecular weight excluding hydrogens is 723 g/mol. The van der Waals surface area contributed by atoms with Crippen LogP contribution in [0.5, 0.6) is 11.5 Å². The number of rotatable bonds is 8. The lowest BCUT2D eigenvalue weighted by molar-refractivity contribution is 0.101. The SMILES string of the molecule is Cc1c(Cl)cccc1N=Nc1c(O)c(C(=O)Nc2ccc(NC(=O)c3cc4ccccc4c(N=Nc4cccc(Cl)c4C)c3O)cc2)cc2ccccc12. The van der Waals surface area contributed by atoms with E-state index >= 15 is 0 Å². The number of phenols is 2. The maximum absolute atomic E-state index is 13.5. The Morgan fingerprint density at radius 3 is 1.31 bits per heavy atom. The molecule has 0 radical (unpaired) electrons. The molecule has 0 heterocycles. The van der Waals surface area contributed by atoms with Crippen LogP contribution in [0.4, 0.5) is 34.1 Å². The molecule has 0 saturated heterocycles. The zero-order valence-corrected chi connectivity index (χ0v) is 30.3. The minimum atomic E-state index is -0.582. The van der Waals surface area contributed by atoms with Crippen LogP contribution in [0.2, 0.25) is 10.0 Å². The van der Waals surface area contributed by atoms with Crippen LogP contribution in [-0.4, -0.2) is 22.0 Å². The highest BCUT2D eigenvalue weighted by Crippen LogP contribution is 2.42. The van der Waals surface area contributed by atoms with Crippen LogP contribution in [0.15, 0.2) is 142 Å². The van der Waals surface area contributed by atoms with Gasteiger partial charge in [-0.15, -0.1) is 10.2 Å². The molecule has 7 rings (SSSR count). The summed E-state index contributed by atoms with van der Waals surface area (Å²) >= 11 is 12.5. The molecule has 0 saturated carbocycles. The summed E-state index contributed by atoms with van der Waals surface area (Å²) in [7, 11) is 0. The molecule has 2 amide bonds. The predicted octanol–water partition coefficient (Wildman–Crippen LogP) is 12.7. The Morgan fingerprint density at radius 1 is 0.519 bits per heavy atom. The van der Waals surface area contributed by atoms with Gasteiger partial charge in [-0.3, -0.25) is 9.59 Å². The molecule has 266 valence electrons. The van der Waals surface area contributed by atoms with Gasteiger partial charge in [0.15, 0.2) is 11.5 Å². The number of carbonyl (C=O) groups excluding carboxylic acids is 2. The second-order valence-corrected chi connectivity index (χ2v) is 13.2. The molecule has 7 aromatic carbocycles. The van der Waals surface area contributed by atoms with Gasteiger partial charge in [-0.2, -0.15) is 10.2 Å². The van der Waals surface area contributed by atoms with Gasteiger partial charge in [0.05, 0.1) is 22.5 Å². The number of fused-ring (bicyclic) bond motifs is 2. The van der Waals surface area contributed by atoms with Crippen LogP contribution in [0.1, 0.15) is 31.8 Å². The van der Waals surface area contributed by atoms with Crippen molar-refractivity contribution < 1.29 is 19.8 Å². The van der Waals surface area contributed by atoms with Gasteiger partial charge in [0.1, 0.15) is 11.4 Å². The fourth-order valence-electron chi connectivity index (χ4n) is 5.83. The number of nitrogens with zero attached hydrogens (tertiary/aromatic N) is 4. The van der Waals surface area contributed by atoms with Gasteiger partial charge in [-0.05, 0) is 96.4 Å². The molecule has 54 heavy (non-hydrogen) atoms. The number of carbonyl (C=O) groups is 2. The Morgan fingerprint density at radius 2 is 0.907 bits per heavy atom. The van der Waals surface area contributed by atoms with Crippen molar-refractivity contribution in [1.82, 2.24) is 0 Å². The van der Waals surface area contributed by atoms with Crippen molar-refractivity contribution in [2.45, 2.75) is 13.8 Å². The smallest absolute Gasteiger partial charge is 0.259 e. The summed E-state index contributed by atoms with van der Waals surface area (Å²) in [5.41, 5.74) is 3.56. The van der Waals surface area contributed by atoms with E-state index in [2.05, 4.69) is 31.1 Å². The van der Waals surface area contributed by atoms with Crippen molar-refractivity contribution in [2.24, 2.45) is 20.5 Å². The summed E-state index contributed by atoms with van der Waals surface area (Å²) < 4.78 is 0. The third-order valence-electron chi connectivity index (χ3n) is 8.87. The maximum atomic E-state index is 13.5. The minimum Gasteiger partial charge on any atom is -0.505 e. The lowest BCUT2D eigenvalue weighted by Gasteiger charge is -2.13. The Kier molecular flexibility index (Phi) is 10.0. The van der Waals surface area contributed by atoms with E-state index in [-0.39, 0.29) is 34.0 Å². The number of benzene rings is 7. The number of anilines is 2. The highest BCUT2D eigenvalue weighted by Gasteiger charge is 2.21. The summed E-state index contributed by atoms with van der Waals surface area (Å²) in [5, 5.41) is 49.1. The molecule has 0 aliphatic heterocycles. The van der Waals surface area contributed by atoms with E-state index in [9.17, 15) is 19.8 Å². The highest BCUT2D eigenvalue weighted by atomic mass is 35.5. The average Bonchev–Trinajstić information content (AvgIpc) is 3.17. The Labute approximate surface area is 319 Å². The first kappa shape index (κ1) is 35.8. The molecule has 0 aliphatic rings. The number of azo groups is 2. The number of aromatic hydroxyl groups is 2. The van der Waals surface area contributed by atoms with E-state index in [1.54, 1.807) is 97.1 Å². The van der Waals surface area contributed by atoms with Crippen LogP contribution >= 0.6 is 23.2 Å². The second-order valence-electron chi connectivity index (χ2n) is 12.3. The van der Waals surface area contributed by atoms with Gasteiger partial charge in [0, 0.05) is 32.2 Å². The molecule has 0 bridgehead atoms. The molecule has 10 nitrogen and oxygen atoms in total. The Bertz CT molecular complexity index is 2490. The molecule has 0 unspecified atom stereocenters. The molecule has 0 aliphatic carbocycles. The Balaban J connectivity index is 1.12. The lowest BCUT2D eigenvalue weighted by atomic mass is 10.0. The number of hydrogen-bond donors (Lipinski definition) is 4. The summed E-state index contributed by atoms with van der Waals surface area (Å²) in [6.45, 7) is 3.63. The van der Waals surface area contributed by atoms with Crippen LogP contribution in [-0.2, 0) is 0 Å². The van der Waals surface area contributed by atoms with E-state index < -0.39 is 11.8 Å².